The summed E-state index contributed by atoms with van der Waals surface area (Å²) in [4.78, 5) is 11.9. The zero-order valence-corrected chi connectivity index (χ0v) is 12.4. The number of carbonyl (C=O) groups excluding carboxylic acids is 1. The first-order valence-electron chi connectivity index (χ1n) is 6.46. The summed E-state index contributed by atoms with van der Waals surface area (Å²) in [6, 6.07) is 6.24. The van der Waals surface area contributed by atoms with Crippen LogP contribution in [-0.2, 0) is 19.4 Å². The van der Waals surface area contributed by atoms with E-state index in [-0.39, 0.29) is 4.90 Å². The van der Waals surface area contributed by atoms with Crippen LogP contribution >= 0.6 is 0 Å². The highest BCUT2D eigenvalue weighted by molar-refractivity contribution is 7.92. The molecule has 5 nitrogen and oxygen atoms in total. The third-order valence-electron chi connectivity index (χ3n) is 3.74. The first kappa shape index (κ1) is 14.8. The van der Waals surface area contributed by atoms with E-state index in [1.807, 2.05) is 0 Å². The molecule has 0 aromatic heterocycles. The molecule has 0 heterocycles. The average Bonchev–Trinajstić information content (AvgIpc) is 2.96. The van der Waals surface area contributed by atoms with Crippen molar-refractivity contribution >= 4 is 15.8 Å². The Labute approximate surface area is 118 Å². The quantitative estimate of drug-likeness (QED) is 0.793. The molecule has 6 heteroatoms. The van der Waals surface area contributed by atoms with Gasteiger partial charge in [-0.3, -0.25) is 4.79 Å². The van der Waals surface area contributed by atoms with E-state index in [4.69, 9.17) is 9.47 Å². The van der Waals surface area contributed by atoms with Crippen LogP contribution in [0, 0.1) is 5.92 Å². The number of esters is 1. The zero-order chi connectivity index (χ0) is 14.8. The summed E-state index contributed by atoms with van der Waals surface area (Å²) < 4.78 is 35.0. The summed E-state index contributed by atoms with van der Waals surface area (Å²) in [5, 5.41) is -0.691. The molecule has 0 radical (unpaired) electrons. The third-order valence-corrected chi connectivity index (χ3v) is 6.03. The first-order valence-corrected chi connectivity index (χ1v) is 8.01. The lowest BCUT2D eigenvalue weighted by molar-refractivity contribution is -0.145. The van der Waals surface area contributed by atoms with Crippen LogP contribution in [0.1, 0.15) is 19.3 Å². The van der Waals surface area contributed by atoms with Crippen LogP contribution in [0.25, 0.3) is 0 Å². The van der Waals surface area contributed by atoms with Crippen LogP contribution in [0.2, 0.25) is 0 Å². The van der Waals surface area contributed by atoms with Gasteiger partial charge in [0.05, 0.1) is 30.3 Å². The van der Waals surface area contributed by atoms with Crippen LogP contribution in [0.4, 0.5) is 0 Å². The minimum Gasteiger partial charge on any atom is -0.497 e. The fourth-order valence-electron chi connectivity index (χ4n) is 2.66. The largest absolute Gasteiger partial charge is 0.497 e. The van der Waals surface area contributed by atoms with Crippen molar-refractivity contribution in [2.24, 2.45) is 5.92 Å². The molecule has 0 saturated heterocycles. The fraction of sp³-hybridized carbons (Fsp3) is 0.500. The Morgan fingerprint density at radius 2 is 1.80 bits per heavy atom. The summed E-state index contributed by atoms with van der Waals surface area (Å²) in [6.45, 7) is 0. The summed E-state index contributed by atoms with van der Waals surface area (Å²) in [5.41, 5.74) is 0. The third kappa shape index (κ3) is 2.65. The summed E-state index contributed by atoms with van der Waals surface area (Å²) >= 11 is 0. The molecule has 0 N–H and O–H groups in total. The molecule has 0 spiro atoms. The van der Waals surface area contributed by atoms with Gasteiger partial charge < -0.3 is 9.47 Å². The van der Waals surface area contributed by atoms with Gasteiger partial charge in [-0.1, -0.05) is 6.42 Å². The van der Waals surface area contributed by atoms with Crippen molar-refractivity contribution in [3.8, 4) is 5.75 Å². The monoisotopic (exact) mass is 298 g/mol. The van der Waals surface area contributed by atoms with E-state index in [9.17, 15) is 13.2 Å². The van der Waals surface area contributed by atoms with Crippen molar-refractivity contribution in [1.82, 2.24) is 0 Å². The topological polar surface area (TPSA) is 69.7 Å². The standard InChI is InChI=1S/C14H18O5S/c1-18-10-6-8-11(9-7-10)20(16,17)13-5-3-4-12(13)14(15)19-2/h6-9,12-13H,3-5H2,1-2H3. The lowest BCUT2D eigenvalue weighted by Gasteiger charge is -2.18. The van der Waals surface area contributed by atoms with Gasteiger partial charge in [0.1, 0.15) is 5.75 Å². The van der Waals surface area contributed by atoms with Gasteiger partial charge in [-0.05, 0) is 37.1 Å². The molecule has 1 aromatic carbocycles. The van der Waals surface area contributed by atoms with Crippen LogP contribution < -0.4 is 4.74 Å². The highest BCUT2D eigenvalue weighted by Crippen LogP contribution is 2.35. The predicted molar refractivity (Wildman–Crippen MR) is 73.3 cm³/mol. The van der Waals surface area contributed by atoms with Gasteiger partial charge in [-0.2, -0.15) is 0 Å². The van der Waals surface area contributed by atoms with E-state index in [1.54, 1.807) is 12.1 Å². The number of sulfone groups is 1. The predicted octanol–water partition coefficient (Wildman–Crippen LogP) is 1.81. The van der Waals surface area contributed by atoms with Gasteiger partial charge in [0.2, 0.25) is 0 Å². The van der Waals surface area contributed by atoms with Crippen molar-refractivity contribution in [3.05, 3.63) is 24.3 Å². The Hall–Kier alpha value is -1.56. The number of methoxy groups -OCH3 is 2. The Morgan fingerprint density at radius 1 is 1.15 bits per heavy atom. The lowest BCUT2D eigenvalue weighted by Crippen LogP contribution is -2.31. The Bertz CT molecular complexity index is 576. The SMILES string of the molecule is COC(=O)C1CCCC1S(=O)(=O)c1ccc(OC)cc1. The molecule has 1 aliphatic rings. The summed E-state index contributed by atoms with van der Waals surface area (Å²) in [7, 11) is -0.713. The zero-order valence-electron chi connectivity index (χ0n) is 11.5. The summed E-state index contributed by atoms with van der Waals surface area (Å²) in [5.74, 6) is -0.406. The molecule has 1 saturated carbocycles. The van der Waals surface area contributed by atoms with E-state index in [0.29, 0.717) is 18.6 Å². The van der Waals surface area contributed by atoms with Gasteiger partial charge in [0.25, 0.3) is 0 Å². The summed E-state index contributed by atoms with van der Waals surface area (Å²) in [6.07, 6.45) is 1.78. The highest BCUT2D eigenvalue weighted by Gasteiger charge is 2.42. The van der Waals surface area contributed by atoms with Crippen LogP contribution in [0.3, 0.4) is 0 Å². The number of hydrogen-bond donors (Lipinski definition) is 0. The van der Waals surface area contributed by atoms with E-state index in [2.05, 4.69) is 0 Å². The van der Waals surface area contributed by atoms with E-state index < -0.39 is 27.0 Å². The molecule has 1 aromatic rings. The van der Waals surface area contributed by atoms with Crippen molar-refractivity contribution in [2.45, 2.75) is 29.4 Å². The minimum absolute atomic E-state index is 0.221. The molecule has 0 aliphatic heterocycles. The molecule has 2 unspecified atom stereocenters. The molecular weight excluding hydrogens is 280 g/mol. The van der Waals surface area contributed by atoms with Crippen molar-refractivity contribution in [2.75, 3.05) is 14.2 Å². The molecule has 0 bridgehead atoms. The normalized spacial score (nSPS) is 22.5. The smallest absolute Gasteiger partial charge is 0.309 e. The van der Waals surface area contributed by atoms with Crippen LogP contribution in [-0.4, -0.2) is 33.9 Å². The van der Waals surface area contributed by atoms with E-state index in [0.717, 1.165) is 6.42 Å². The number of carbonyl (C=O) groups is 1. The second-order valence-corrected chi connectivity index (χ2v) is 6.99. The highest BCUT2D eigenvalue weighted by atomic mass is 32.2. The maximum absolute atomic E-state index is 12.6. The molecule has 2 rings (SSSR count). The minimum atomic E-state index is -3.52. The van der Waals surface area contributed by atoms with Crippen molar-refractivity contribution in [1.29, 1.82) is 0 Å². The fourth-order valence-corrected chi connectivity index (χ4v) is 4.68. The molecule has 1 fully saturated rings. The van der Waals surface area contributed by atoms with E-state index in [1.165, 1.54) is 26.4 Å². The number of rotatable bonds is 4. The van der Waals surface area contributed by atoms with Crippen molar-refractivity contribution in [3.63, 3.8) is 0 Å². The van der Waals surface area contributed by atoms with Gasteiger partial charge in [-0.25, -0.2) is 8.42 Å². The van der Waals surface area contributed by atoms with Crippen molar-refractivity contribution < 1.29 is 22.7 Å². The van der Waals surface area contributed by atoms with Gasteiger partial charge in [0, 0.05) is 0 Å². The Morgan fingerprint density at radius 3 is 2.35 bits per heavy atom. The van der Waals surface area contributed by atoms with E-state index >= 15 is 0 Å². The van der Waals surface area contributed by atoms with Gasteiger partial charge in [0.15, 0.2) is 9.84 Å². The second kappa shape index (κ2) is 5.83. The Kier molecular flexibility index (Phi) is 4.32. The number of benzene rings is 1. The maximum Gasteiger partial charge on any atom is 0.309 e. The molecule has 1 aliphatic carbocycles. The lowest BCUT2D eigenvalue weighted by atomic mass is 10.1. The first-order chi connectivity index (χ1) is 9.50. The maximum atomic E-state index is 12.6. The number of ether oxygens (including phenoxy) is 2. The molecule has 0 amide bonds. The molecule has 110 valence electrons. The molecule has 20 heavy (non-hydrogen) atoms. The second-order valence-electron chi connectivity index (χ2n) is 4.82. The molecular formula is C14H18O5S. The molecule has 2 atom stereocenters. The van der Waals surface area contributed by atoms with Crippen LogP contribution in [0.5, 0.6) is 5.75 Å². The average molecular weight is 298 g/mol. The van der Waals surface area contributed by atoms with Gasteiger partial charge >= 0.3 is 5.97 Å². The number of hydrogen-bond acceptors (Lipinski definition) is 5. The van der Waals surface area contributed by atoms with Gasteiger partial charge in [-0.15, -0.1) is 0 Å². The van der Waals surface area contributed by atoms with Crippen LogP contribution in [0.15, 0.2) is 29.2 Å². The Balaban J connectivity index is 2.31.